The Morgan fingerprint density at radius 3 is 2.82 bits per heavy atom. The first-order chi connectivity index (χ1) is 10.5. The number of hydrogen-bond acceptors (Lipinski definition) is 5. The Hall–Kier alpha value is -2.12. The van der Waals surface area contributed by atoms with Crippen molar-refractivity contribution in [3.05, 3.63) is 45.4 Å². The van der Waals surface area contributed by atoms with Gasteiger partial charge in [-0.2, -0.15) is 0 Å². The molecule has 1 aromatic heterocycles. The van der Waals surface area contributed by atoms with Crippen LogP contribution in [-0.2, 0) is 9.53 Å². The first-order valence-corrected chi connectivity index (χ1v) is 7.30. The molecule has 1 amide bonds. The van der Waals surface area contributed by atoms with Gasteiger partial charge in [0, 0.05) is 6.07 Å². The number of carbonyl (C=O) groups is 2. The minimum atomic E-state index is -0.570. The van der Waals surface area contributed by atoms with Gasteiger partial charge >= 0.3 is 5.97 Å². The normalized spacial score (nSPS) is 10.1. The van der Waals surface area contributed by atoms with E-state index in [4.69, 9.17) is 16.3 Å². The molecule has 22 heavy (non-hydrogen) atoms. The SMILES string of the molecule is COC(=O)c1sccc1NC(=O)COc1ccc(F)c(Cl)c1. The highest BCUT2D eigenvalue weighted by molar-refractivity contribution is 7.12. The van der Waals surface area contributed by atoms with E-state index in [1.165, 1.54) is 19.2 Å². The molecule has 0 bridgehead atoms. The second-order valence-electron chi connectivity index (χ2n) is 4.07. The van der Waals surface area contributed by atoms with Crippen molar-refractivity contribution in [1.29, 1.82) is 0 Å². The minimum absolute atomic E-state index is 0.0938. The van der Waals surface area contributed by atoms with Gasteiger partial charge < -0.3 is 14.8 Å². The van der Waals surface area contributed by atoms with Crippen LogP contribution in [0.2, 0.25) is 5.02 Å². The van der Waals surface area contributed by atoms with Crippen LogP contribution in [0.25, 0.3) is 0 Å². The number of hydrogen-bond donors (Lipinski definition) is 1. The molecule has 1 N–H and O–H groups in total. The van der Waals surface area contributed by atoms with Gasteiger partial charge in [-0.05, 0) is 23.6 Å². The lowest BCUT2D eigenvalue weighted by molar-refractivity contribution is -0.118. The van der Waals surface area contributed by atoms with Crippen LogP contribution < -0.4 is 10.1 Å². The van der Waals surface area contributed by atoms with Gasteiger partial charge in [0.15, 0.2) is 6.61 Å². The summed E-state index contributed by atoms with van der Waals surface area (Å²) in [6, 6.07) is 5.36. The molecule has 0 saturated carbocycles. The fourth-order valence-corrected chi connectivity index (χ4v) is 2.50. The Labute approximate surface area is 134 Å². The molecule has 1 aromatic carbocycles. The topological polar surface area (TPSA) is 64.6 Å². The molecule has 0 unspecified atom stereocenters. The number of esters is 1. The Morgan fingerprint density at radius 2 is 2.14 bits per heavy atom. The van der Waals surface area contributed by atoms with Gasteiger partial charge in [0.1, 0.15) is 16.4 Å². The van der Waals surface area contributed by atoms with Crippen molar-refractivity contribution in [3.63, 3.8) is 0 Å². The van der Waals surface area contributed by atoms with Crippen molar-refractivity contribution in [2.45, 2.75) is 0 Å². The third kappa shape index (κ3) is 3.96. The van der Waals surface area contributed by atoms with E-state index < -0.39 is 17.7 Å². The predicted octanol–water partition coefficient (Wildman–Crippen LogP) is 3.34. The molecule has 0 aliphatic carbocycles. The van der Waals surface area contributed by atoms with Gasteiger partial charge in [-0.3, -0.25) is 4.79 Å². The van der Waals surface area contributed by atoms with Gasteiger partial charge in [-0.1, -0.05) is 11.6 Å². The highest BCUT2D eigenvalue weighted by Crippen LogP contribution is 2.23. The van der Waals surface area contributed by atoms with Crippen LogP contribution in [0.4, 0.5) is 10.1 Å². The standard InChI is InChI=1S/C14H11ClFNO4S/c1-20-14(19)13-11(4-5-22-13)17-12(18)7-21-8-2-3-10(16)9(15)6-8/h2-6H,7H2,1H3,(H,17,18). The van der Waals surface area contributed by atoms with Gasteiger partial charge in [-0.15, -0.1) is 11.3 Å². The quantitative estimate of drug-likeness (QED) is 0.846. The molecule has 1 heterocycles. The molecule has 5 nitrogen and oxygen atoms in total. The summed E-state index contributed by atoms with van der Waals surface area (Å²) < 4.78 is 22.8. The lowest BCUT2D eigenvalue weighted by Gasteiger charge is -2.08. The second-order valence-corrected chi connectivity index (χ2v) is 5.39. The average molecular weight is 344 g/mol. The van der Waals surface area contributed by atoms with Gasteiger partial charge in [0.05, 0.1) is 17.8 Å². The van der Waals surface area contributed by atoms with E-state index in [1.807, 2.05) is 0 Å². The number of benzene rings is 1. The molecule has 0 aliphatic rings. The van der Waals surface area contributed by atoms with Crippen LogP contribution >= 0.6 is 22.9 Å². The van der Waals surface area contributed by atoms with Crippen LogP contribution in [0.5, 0.6) is 5.75 Å². The first kappa shape index (κ1) is 16.3. The number of nitrogens with one attached hydrogen (secondary N) is 1. The lowest BCUT2D eigenvalue weighted by Crippen LogP contribution is -2.21. The van der Waals surface area contributed by atoms with Crippen molar-refractivity contribution < 1.29 is 23.5 Å². The van der Waals surface area contributed by atoms with E-state index in [0.717, 1.165) is 17.4 Å². The maximum Gasteiger partial charge on any atom is 0.350 e. The summed E-state index contributed by atoms with van der Waals surface area (Å²) in [6.07, 6.45) is 0. The highest BCUT2D eigenvalue weighted by Gasteiger charge is 2.15. The number of methoxy groups -OCH3 is 1. The lowest BCUT2D eigenvalue weighted by atomic mass is 10.3. The molecule has 2 rings (SSSR count). The molecule has 8 heteroatoms. The summed E-state index contributed by atoms with van der Waals surface area (Å²) in [4.78, 5) is 23.6. The number of rotatable bonds is 5. The zero-order valence-electron chi connectivity index (χ0n) is 11.4. The van der Waals surface area contributed by atoms with Crippen molar-refractivity contribution in [1.82, 2.24) is 0 Å². The molecule has 0 fully saturated rings. The zero-order valence-corrected chi connectivity index (χ0v) is 13.0. The molecule has 0 aliphatic heterocycles. The molecule has 0 saturated heterocycles. The average Bonchev–Trinajstić information content (AvgIpc) is 2.95. The van der Waals surface area contributed by atoms with Gasteiger partial charge in [0.25, 0.3) is 5.91 Å². The van der Waals surface area contributed by atoms with Gasteiger partial charge in [0.2, 0.25) is 0 Å². The van der Waals surface area contributed by atoms with E-state index in [0.29, 0.717) is 10.6 Å². The number of anilines is 1. The largest absolute Gasteiger partial charge is 0.484 e. The smallest absolute Gasteiger partial charge is 0.350 e. The van der Waals surface area contributed by atoms with Crippen LogP contribution in [-0.4, -0.2) is 25.6 Å². The first-order valence-electron chi connectivity index (χ1n) is 6.04. The van der Waals surface area contributed by atoms with Gasteiger partial charge in [-0.25, -0.2) is 9.18 Å². The fraction of sp³-hybridized carbons (Fsp3) is 0.143. The molecular weight excluding hydrogens is 333 g/mol. The predicted molar refractivity (Wildman–Crippen MR) is 81.2 cm³/mol. The monoisotopic (exact) mass is 343 g/mol. The number of ether oxygens (including phenoxy) is 2. The van der Waals surface area contributed by atoms with Crippen LogP contribution in [0.3, 0.4) is 0 Å². The van der Waals surface area contributed by atoms with E-state index in [1.54, 1.807) is 11.4 Å². The minimum Gasteiger partial charge on any atom is -0.484 e. The van der Waals surface area contributed by atoms with Crippen LogP contribution in [0.15, 0.2) is 29.6 Å². The van der Waals surface area contributed by atoms with Crippen LogP contribution in [0.1, 0.15) is 9.67 Å². The number of thiophene rings is 1. The van der Waals surface area contributed by atoms with E-state index in [9.17, 15) is 14.0 Å². The molecular formula is C14H11ClFNO4S. The Bertz CT molecular complexity index is 704. The molecule has 116 valence electrons. The number of carbonyl (C=O) groups excluding carboxylic acids is 2. The molecule has 0 radical (unpaired) electrons. The number of amides is 1. The summed E-state index contributed by atoms with van der Waals surface area (Å²) >= 11 is 6.76. The Kier molecular flexibility index (Phi) is 5.35. The molecule has 0 atom stereocenters. The van der Waals surface area contributed by atoms with Crippen molar-refractivity contribution in [3.8, 4) is 5.75 Å². The van der Waals surface area contributed by atoms with Crippen molar-refractivity contribution in [2.75, 3.05) is 19.0 Å². The second kappa shape index (κ2) is 7.24. The molecule has 2 aromatic rings. The zero-order chi connectivity index (χ0) is 16.1. The van der Waals surface area contributed by atoms with Crippen molar-refractivity contribution >= 4 is 40.5 Å². The third-order valence-corrected chi connectivity index (χ3v) is 3.76. The Morgan fingerprint density at radius 1 is 1.36 bits per heavy atom. The summed E-state index contributed by atoms with van der Waals surface area (Å²) in [5.41, 5.74) is 0.350. The third-order valence-electron chi connectivity index (χ3n) is 2.57. The number of halogens is 2. The highest BCUT2D eigenvalue weighted by atomic mass is 35.5. The Balaban J connectivity index is 1.95. The van der Waals surface area contributed by atoms with E-state index >= 15 is 0 Å². The van der Waals surface area contributed by atoms with Crippen molar-refractivity contribution in [2.24, 2.45) is 0 Å². The van der Waals surface area contributed by atoms with Crippen LogP contribution in [0, 0.1) is 5.82 Å². The maximum absolute atomic E-state index is 13.0. The fourth-order valence-electron chi connectivity index (χ4n) is 1.56. The van der Waals surface area contributed by atoms with E-state index in [2.05, 4.69) is 10.1 Å². The molecule has 0 spiro atoms. The maximum atomic E-state index is 13.0. The summed E-state index contributed by atoms with van der Waals surface area (Å²) in [6.45, 7) is -0.307. The summed E-state index contributed by atoms with van der Waals surface area (Å²) in [5, 5.41) is 4.10. The summed E-state index contributed by atoms with van der Waals surface area (Å²) in [7, 11) is 1.26. The summed E-state index contributed by atoms with van der Waals surface area (Å²) in [5.74, 6) is -1.31. The van der Waals surface area contributed by atoms with E-state index in [-0.39, 0.29) is 17.4 Å².